The van der Waals surface area contributed by atoms with Crippen molar-refractivity contribution < 1.29 is 73.5 Å². The van der Waals surface area contributed by atoms with Crippen LogP contribution in [0, 0.1) is 0 Å². The third kappa shape index (κ3) is 3.64. The first-order chi connectivity index (χ1) is 10.4. The monoisotopic (exact) mass is 462 g/mol. The zero-order valence-corrected chi connectivity index (χ0v) is 12.9. The molecule has 152 valence electrons. The van der Waals surface area contributed by atoms with Crippen molar-refractivity contribution in [2.45, 2.75) is 26.4 Å². The second-order valence-electron chi connectivity index (χ2n) is 3.83. The molecular formula is C5HF11O6S3. The van der Waals surface area contributed by atoms with Crippen LogP contribution in [-0.4, -0.2) is 51.6 Å². The summed E-state index contributed by atoms with van der Waals surface area (Å²) in [6.45, 7) is 0. The zero-order chi connectivity index (χ0) is 21.1. The predicted octanol–water partition coefficient (Wildman–Crippen LogP) is 1.71. The average molecular weight is 462 g/mol. The molecule has 25 heavy (non-hydrogen) atoms. The smallest absolute Gasteiger partial charge is 0.220 e. The first kappa shape index (κ1) is 24.1. The molecule has 0 spiro atoms. The maximum absolute atomic E-state index is 12.8. The zero-order valence-electron chi connectivity index (χ0n) is 10.4. The number of sulfone groups is 3. The highest BCUT2D eigenvalue weighted by Crippen LogP contribution is 2.47. The van der Waals surface area contributed by atoms with E-state index in [0.29, 0.717) is 0 Å². The number of hydrogen-bond acceptors (Lipinski definition) is 6. The van der Waals surface area contributed by atoms with Crippen molar-refractivity contribution in [2.24, 2.45) is 0 Å². The highest BCUT2D eigenvalue weighted by molar-refractivity contribution is 8.25. The van der Waals surface area contributed by atoms with E-state index in [2.05, 4.69) is 0 Å². The molecule has 0 radical (unpaired) electrons. The Labute approximate surface area is 130 Å². The maximum atomic E-state index is 12.8. The Morgan fingerprint density at radius 2 is 0.720 bits per heavy atom. The standard InChI is InChI=1S/C5HF11O6S3/c6-2(7,8)3(9,10)23(17,18)1(24(19,20)4(11,12)13)25(21,22)5(14,15)16/h1H. The Balaban J connectivity index is 7.27. The van der Waals surface area contributed by atoms with Gasteiger partial charge in [-0.1, -0.05) is 0 Å². The third-order valence-electron chi connectivity index (χ3n) is 2.09. The molecule has 0 aromatic carbocycles. The van der Waals surface area contributed by atoms with Crippen molar-refractivity contribution in [3.63, 3.8) is 0 Å². The van der Waals surface area contributed by atoms with Crippen LogP contribution in [0.3, 0.4) is 0 Å². The van der Waals surface area contributed by atoms with E-state index in [1.165, 1.54) is 0 Å². The highest BCUT2D eigenvalue weighted by atomic mass is 32.3. The Bertz CT molecular complexity index is 780. The van der Waals surface area contributed by atoms with E-state index in [-0.39, 0.29) is 0 Å². The van der Waals surface area contributed by atoms with Gasteiger partial charge < -0.3 is 0 Å². The molecule has 0 aromatic rings. The van der Waals surface area contributed by atoms with Crippen LogP contribution in [0.1, 0.15) is 0 Å². The maximum Gasteiger partial charge on any atom is 0.499 e. The lowest BCUT2D eigenvalue weighted by molar-refractivity contribution is -0.241. The van der Waals surface area contributed by atoms with E-state index in [1.54, 1.807) is 0 Å². The van der Waals surface area contributed by atoms with Crippen LogP contribution in [0.5, 0.6) is 0 Å². The van der Waals surface area contributed by atoms with Gasteiger partial charge in [0.05, 0.1) is 0 Å². The molecule has 0 fully saturated rings. The van der Waals surface area contributed by atoms with Crippen molar-refractivity contribution >= 4 is 29.5 Å². The van der Waals surface area contributed by atoms with E-state index in [4.69, 9.17) is 0 Å². The molecule has 0 saturated heterocycles. The summed E-state index contributed by atoms with van der Waals surface area (Å²) in [7, 11) is -25.0. The van der Waals surface area contributed by atoms with Gasteiger partial charge in [-0.2, -0.15) is 48.3 Å². The predicted molar refractivity (Wildman–Crippen MR) is 53.7 cm³/mol. The van der Waals surface area contributed by atoms with E-state index in [0.717, 1.165) is 0 Å². The minimum absolute atomic E-state index is 6.23. The Morgan fingerprint density at radius 3 is 0.880 bits per heavy atom. The first-order valence-electron chi connectivity index (χ1n) is 4.65. The topological polar surface area (TPSA) is 102 Å². The number of alkyl halides is 11. The Morgan fingerprint density at radius 1 is 0.480 bits per heavy atom. The molecular weight excluding hydrogens is 461 g/mol. The highest BCUT2D eigenvalue weighted by Gasteiger charge is 2.78. The molecule has 6 nitrogen and oxygen atoms in total. The second-order valence-corrected chi connectivity index (χ2v) is 10.8. The summed E-state index contributed by atoms with van der Waals surface area (Å²) in [5.74, 6) is 0. The molecule has 0 bridgehead atoms. The van der Waals surface area contributed by atoms with Crippen LogP contribution in [0.25, 0.3) is 0 Å². The normalized spacial score (nSPS) is 16.3. The summed E-state index contributed by atoms with van der Waals surface area (Å²) < 4.78 is 194. The van der Waals surface area contributed by atoms with Crippen molar-refractivity contribution in [2.75, 3.05) is 0 Å². The molecule has 0 N–H and O–H groups in total. The molecule has 0 unspecified atom stereocenters. The van der Waals surface area contributed by atoms with Crippen LogP contribution in [0.4, 0.5) is 48.3 Å². The lowest BCUT2D eigenvalue weighted by atomic mass is 10.7. The van der Waals surface area contributed by atoms with Crippen LogP contribution in [0.15, 0.2) is 0 Å². The van der Waals surface area contributed by atoms with Crippen molar-refractivity contribution in [3.8, 4) is 0 Å². The van der Waals surface area contributed by atoms with Crippen LogP contribution in [0.2, 0.25) is 0 Å². The SMILES string of the molecule is O=S(=O)(C(S(=O)(=O)C(F)(F)F)S(=O)(=O)C(F)(F)C(F)(F)F)C(F)(F)F. The molecule has 0 aliphatic rings. The average Bonchev–Trinajstić information content (AvgIpc) is 2.21. The number of halogens is 11. The van der Waals surface area contributed by atoms with Crippen molar-refractivity contribution in [1.29, 1.82) is 0 Å². The summed E-state index contributed by atoms with van der Waals surface area (Å²) in [5, 5.41) is -7.58. The van der Waals surface area contributed by atoms with Gasteiger partial charge in [0.2, 0.25) is 0 Å². The summed E-state index contributed by atoms with van der Waals surface area (Å²) in [6, 6.07) is 0. The Hall–Kier alpha value is -0.920. The molecule has 0 rings (SSSR count). The fourth-order valence-corrected chi connectivity index (χ4v) is 8.04. The van der Waals surface area contributed by atoms with E-state index in [1.807, 2.05) is 0 Å². The van der Waals surface area contributed by atoms with E-state index < -0.39 is 55.9 Å². The largest absolute Gasteiger partial charge is 0.499 e. The molecule has 20 heteroatoms. The number of rotatable bonds is 4. The minimum Gasteiger partial charge on any atom is -0.220 e. The summed E-state index contributed by atoms with van der Waals surface area (Å²) in [5.41, 5.74) is -14.5. The molecule has 0 saturated carbocycles. The minimum atomic E-state index is -8.51. The van der Waals surface area contributed by atoms with Crippen LogP contribution >= 0.6 is 0 Å². The van der Waals surface area contributed by atoms with E-state index in [9.17, 15) is 73.5 Å². The lowest BCUT2D eigenvalue weighted by Gasteiger charge is -2.26. The summed E-state index contributed by atoms with van der Waals surface area (Å²) >= 11 is 0. The van der Waals surface area contributed by atoms with E-state index >= 15 is 0 Å². The fourth-order valence-electron chi connectivity index (χ4n) is 1.00. The second kappa shape index (κ2) is 5.79. The quantitative estimate of drug-likeness (QED) is 0.590. The lowest BCUT2D eigenvalue weighted by Crippen LogP contribution is -2.57. The van der Waals surface area contributed by atoms with Gasteiger partial charge in [0.1, 0.15) is 0 Å². The summed E-state index contributed by atoms with van der Waals surface area (Å²) in [6.07, 6.45) is -7.44. The van der Waals surface area contributed by atoms with Gasteiger partial charge in [0.15, 0.2) is 0 Å². The van der Waals surface area contributed by atoms with Gasteiger partial charge in [-0.05, 0) is 0 Å². The van der Waals surface area contributed by atoms with Gasteiger partial charge in [-0.15, -0.1) is 0 Å². The molecule has 0 atom stereocenters. The molecule has 0 aromatic heterocycles. The van der Waals surface area contributed by atoms with Gasteiger partial charge in [0.25, 0.3) is 33.4 Å². The molecule has 0 aliphatic heterocycles. The van der Waals surface area contributed by atoms with Gasteiger partial charge >= 0.3 is 22.4 Å². The number of hydrogen-bond donors (Lipinski definition) is 0. The molecule has 0 amide bonds. The third-order valence-corrected chi connectivity index (χ3v) is 10.4. The van der Waals surface area contributed by atoms with Crippen LogP contribution < -0.4 is 0 Å². The molecule has 0 heterocycles. The molecule has 0 aliphatic carbocycles. The van der Waals surface area contributed by atoms with Crippen molar-refractivity contribution in [1.82, 2.24) is 0 Å². The van der Waals surface area contributed by atoms with Gasteiger partial charge in [-0.3, -0.25) is 0 Å². The van der Waals surface area contributed by atoms with Gasteiger partial charge in [-0.25, -0.2) is 25.3 Å². The Kier molecular flexibility index (Phi) is 5.58. The fraction of sp³-hybridized carbons (Fsp3) is 1.00. The first-order valence-corrected chi connectivity index (χ1v) is 9.29. The van der Waals surface area contributed by atoms with Crippen LogP contribution in [-0.2, 0) is 29.5 Å². The van der Waals surface area contributed by atoms with Crippen molar-refractivity contribution in [3.05, 3.63) is 0 Å². The van der Waals surface area contributed by atoms with Gasteiger partial charge in [0, 0.05) is 0 Å². The summed E-state index contributed by atoms with van der Waals surface area (Å²) in [4.78, 5) is 0.